The topological polar surface area (TPSA) is 109 Å². The number of ether oxygens (including phenoxy) is 1. The van der Waals surface area contributed by atoms with Crippen molar-refractivity contribution in [1.29, 1.82) is 0 Å². The Kier molecular flexibility index (Phi) is 7.84. The van der Waals surface area contributed by atoms with Crippen LogP contribution in [0.5, 0.6) is 0 Å². The summed E-state index contributed by atoms with van der Waals surface area (Å²) in [5.41, 5.74) is 1.57. The molecule has 0 spiro atoms. The van der Waals surface area contributed by atoms with Crippen LogP contribution in [0.4, 0.5) is 32.2 Å². The third-order valence-electron chi connectivity index (χ3n) is 6.00. The molecular weight excluding hydrogens is 494 g/mol. The number of pyridine rings is 1. The third kappa shape index (κ3) is 5.94. The molecule has 5 rings (SSSR count). The number of hydrogen-bond acceptors (Lipinski definition) is 10. The first-order valence-electron chi connectivity index (χ1n) is 12.4. The zero-order chi connectivity index (χ0) is 26.5. The lowest BCUT2D eigenvalue weighted by atomic mass is 10.3. The maximum absolute atomic E-state index is 14.0. The van der Waals surface area contributed by atoms with E-state index in [4.69, 9.17) is 4.74 Å². The van der Waals surface area contributed by atoms with Gasteiger partial charge in [0.15, 0.2) is 5.82 Å². The second-order valence-electron chi connectivity index (χ2n) is 9.09. The van der Waals surface area contributed by atoms with Crippen molar-refractivity contribution in [3.63, 3.8) is 0 Å². The molecule has 4 heterocycles. The van der Waals surface area contributed by atoms with Crippen LogP contribution in [-0.2, 0) is 4.74 Å². The monoisotopic (exact) mass is 524 g/mol. The molecule has 1 fully saturated rings. The Balaban J connectivity index is 1.46. The summed E-state index contributed by atoms with van der Waals surface area (Å²) in [6.07, 6.45) is -0.149. The van der Waals surface area contributed by atoms with E-state index in [2.05, 4.69) is 40.5 Å². The number of nitrogens with zero attached hydrogens (tertiary/aromatic N) is 8. The predicted octanol–water partition coefficient (Wildman–Crippen LogP) is 3.49. The Morgan fingerprint density at radius 2 is 1.79 bits per heavy atom. The maximum atomic E-state index is 14.0. The zero-order valence-electron chi connectivity index (χ0n) is 21.3. The van der Waals surface area contributed by atoms with Gasteiger partial charge in [-0.15, -0.1) is 0 Å². The number of aromatic nitrogens is 6. The van der Waals surface area contributed by atoms with Gasteiger partial charge in [-0.3, -0.25) is 4.57 Å². The van der Waals surface area contributed by atoms with Crippen molar-refractivity contribution in [2.45, 2.75) is 12.8 Å². The molecule has 0 amide bonds. The van der Waals surface area contributed by atoms with Crippen LogP contribution < -0.4 is 15.5 Å². The Labute approximate surface area is 218 Å². The van der Waals surface area contributed by atoms with E-state index in [1.807, 2.05) is 31.1 Å². The number of halogens is 2. The number of nitrogens with one attached hydrogen (secondary N) is 2. The van der Waals surface area contributed by atoms with Gasteiger partial charge in [0.2, 0.25) is 17.8 Å². The summed E-state index contributed by atoms with van der Waals surface area (Å²) in [6, 6.07) is 10.6. The lowest BCUT2D eigenvalue weighted by Crippen LogP contribution is -2.37. The fourth-order valence-electron chi connectivity index (χ4n) is 4.13. The minimum atomic E-state index is -2.82. The zero-order valence-corrected chi connectivity index (χ0v) is 21.3. The van der Waals surface area contributed by atoms with Gasteiger partial charge < -0.3 is 25.2 Å². The minimum absolute atomic E-state index is 0.0557. The van der Waals surface area contributed by atoms with Gasteiger partial charge in [-0.1, -0.05) is 12.1 Å². The van der Waals surface area contributed by atoms with Crippen molar-refractivity contribution in [2.75, 3.05) is 69.0 Å². The van der Waals surface area contributed by atoms with E-state index in [1.54, 1.807) is 30.5 Å². The summed E-state index contributed by atoms with van der Waals surface area (Å²) >= 11 is 0. The first kappa shape index (κ1) is 25.7. The van der Waals surface area contributed by atoms with E-state index in [1.165, 1.54) is 4.57 Å². The fraction of sp³-hybridized carbons (Fsp3) is 0.400. The molecule has 4 aromatic rings. The van der Waals surface area contributed by atoms with Gasteiger partial charge >= 0.3 is 0 Å². The van der Waals surface area contributed by atoms with Crippen molar-refractivity contribution in [3.05, 3.63) is 48.4 Å². The predicted molar refractivity (Wildman–Crippen MR) is 142 cm³/mol. The molecule has 1 aliphatic heterocycles. The summed E-state index contributed by atoms with van der Waals surface area (Å²) < 4.78 is 34.8. The van der Waals surface area contributed by atoms with Crippen LogP contribution >= 0.6 is 0 Å². The van der Waals surface area contributed by atoms with Crippen LogP contribution in [0.25, 0.3) is 17.0 Å². The Morgan fingerprint density at radius 1 is 1.00 bits per heavy atom. The summed E-state index contributed by atoms with van der Waals surface area (Å²) in [4.78, 5) is 26.3. The lowest BCUT2D eigenvalue weighted by molar-refractivity contribution is 0.122. The second kappa shape index (κ2) is 11.6. The molecule has 0 unspecified atom stereocenters. The summed E-state index contributed by atoms with van der Waals surface area (Å²) in [7, 11) is 4.08. The number of anilines is 4. The number of benzene rings is 1. The molecule has 38 heavy (non-hydrogen) atoms. The number of morpholine rings is 1. The Hall–Kier alpha value is -3.97. The van der Waals surface area contributed by atoms with E-state index in [0.29, 0.717) is 49.0 Å². The Bertz CT molecular complexity index is 1360. The molecule has 1 aromatic carbocycles. The molecule has 0 radical (unpaired) electrons. The van der Waals surface area contributed by atoms with Crippen LogP contribution in [0.3, 0.4) is 0 Å². The van der Waals surface area contributed by atoms with Crippen LogP contribution in [0.2, 0.25) is 0 Å². The van der Waals surface area contributed by atoms with E-state index in [0.717, 1.165) is 25.3 Å². The number of rotatable bonds is 10. The van der Waals surface area contributed by atoms with E-state index < -0.39 is 12.2 Å². The first-order chi connectivity index (χ1) is 18.5. The molecule has 11 nitrogen and oxygen atoms in total. The molecular formula is C25H30F2N10O. The van der Waals surface area contributed by atoms with E-state index >= 15 is 0 Å². The van der Waals surface area contributed by atoms with Crippen LogP contribution in [-0.4, -0.2) is 87.9 Å². The van der Waals surface area contributed by atoms with Gasteiger partial charge in [0.1, 0.15) is 5.82 Å². The maximum Gasteiger partial charge on any atom is 0.296 e. The van der Waals surface area contributed by atoms with Crippen molar-refractivity contribution in [3.8, 4) is 5.95 Å². The molecule has 13 heteroatoms. The van der Waals surface area contributed by atoms with Crippen molar-refractivity contribution in [2.24, 2.45) is 0 Å². The third-order valence-corrected chi connectivity index (χ3v) is 6.00. The smallest absolute Gasteiger partial charge is 0.296 e. The number of fused-ring (bicyclic) bond motifs is 1. The highest BCUT2D eigenvalue weighted by Gasteiger charge is 2.24. The van der Waals surface area contributed by atoms with E-state index in [9.17, 15) is 8.78 Å². The normalized spacial score (nSPS) is 14.0. The van der Waals surface area contributed by atoms with Crippen molar-refractivity contribution in [1.82, 2.24) is 34.4 Å². The number of para-hydroxylation sites is 2. The van der Waals surface area contributed by atoms with Gasteiger partial charge in [-0.05, 0) is 51.3 Å². The summed E-state index contributed by atoms with van der Waals surface area (Å²) in [5, 5.41) is 6.45. The van der Waals surface area contributed by atoms with Crippen molar-refractivity contribution >= 4 is 34.4 Å². The second-order valence-corrected chi connectivity index (χ2v) is 9.09. The summed E-state index contributed by atoms with van der Waals surface area (Å²) in [6.45, 7) is 3.98. The SMILES string of the molecule is CN(C)CCCNc1ccc(Nc2nc(N3CCOCC3)nc(-n3c(C(F)F)nc4ccccc43)n2)cn1. The Morgan fingerprint density at radius 3 is 2.53 bits per heavy atom. The molecule has 200 valence electrons. The van der Waals surface area contributed by atoms with Crippen LogP contribution in [0.1, 0.15) is 18.7 Å². The summed E-state index contributed by atoms with van der Waals surface area (Å²) in [5.74, 6) is 0.961. The highest BCUT2D eigenvalue weighted by atomic mass is 19.3. The van der Waals surface area contributed by atoms with Gasteiger partial charge in [0.25, 0.3) is 6.43 Å². The fourth-order valence-corrected chi connectivity index (χ4v) is 4.13. The number of alkyl halides is 2. The molecule has 0 aliphatic carbocycles. The average molecular weight is 525 g/mol. The van der Waals surface area contributed by atoms with Crippen molar-refractivity contribution < 1.29 is 13.5 Å². The number of imidazole rings is 1. The van der Waals surface area contributed by atoms with Gasteiger partial charge in [-0.2, -0.15) is 15.0 Å². The molecule has 3 aromatic heterocycles. The number of hydrogen-bond donors (Lipinski definition) is 2. The molecule has 2 N–H and O–H groups in total. The molecule has 0 atom stereocenters. The average Bonchev–Trinajstić information content (AvgIpc) is 3.32. The minimum Gasteiger partial charge on any atom is -0.378 e. The van der Waals surface area contributed by atoms with Crippen LogP contribution in [0, 0.1) is 0 Å². The van der Waals surface area contributed by atoms with Gasteiger partial charge in [0.05, 0.1) is 36.1 Å². The quantitative estimate of drug-likeness (QED) is 0.299. The van der Waals surface area contributed by atoms with Crippen LogP contribution in [0.15, 0.2) is 42.6 Å². The first-order valence-corrected chi connectivity index (χ1v) is 12.4. The largest absolute Gasteiger partial charge is 0.378 e. The highest BCUT2D eigenvalue weighted by Crippen LogP contribution is 2.28. The standard InChI is InChI=1S/C25H30F2N10O/c1-35(2)11-5-10-28-20-9-8-17(16-29-20)30-23-32-24(36-12-14-38-15-13-36)34-25(33-23)37-19-7-4-3-6-18(19)31-22(37)21(26)27/h3-4,6-9,16,21H,5,10-15H2,1-2H3,(H,28,29)(H,30,32,33,34). The van der Waals surface area contributed by atoms with Gasteiger partial charge in [-0.25, -0.2) is 18.7 Å². The molecule has 1 saturated heterocycles. The highest BCUT2D eigenvalue weighted by molar-refractivity contribution is 5.77. The lowest BCUT2D eigenvalue weighted by Gasteiger charge is -2.27. The van der Waals surface area contributed by atoms with E-state index in [-0.39, 0.29) is 11.9 Å². The molecule has 1 aliphatic rings. The molecule has 0 bridgehead atoms. The van der Waals surface area contributed by atoms with Gasteiger partial charge in [0, 0.05) is 19.6 Å². The molecule has 0 saturated carbocycles.